The molecule has 1 aliphatic carbocycles. The van der Waals surface area contributed by atoms with Gasteiger partial charge in [0.1, 0.15) is 0 Å². The number of carbonyl (C=O) groups is 1. The van der Waals surface area contributed by atoms with E-state index in [4.69, 9.17) is 11.6 Å². The van der Waals surface area contributed by atoms with Gasteiger partial charge in [0.05, 0.1) is 14.9 Å². The van der Waals surface area contributed by atoms with Crippen molar-refractivity contribution in [3.8, 4) is 0 Å². The fraction of sp³-hybridized carbons (Fsp3) is 0.333. The van der Waals surface area contributed by atoms with Gasteiger partial charge in [-0.25, -0.2) is 4.98 Å². The maximum absolute atomic E-state index is 11.9. The third kappa shape index (κ3) is 2.43. The molecule has 1 amide bonds. The minimum atomic E-state index is -0.127. The molecule has 2 heterocycles. The first-order chi connectivity index (χ1) is 8.72. The van der Waals surface area contributed by atoms with Crippen molar-refractivity contribution in [1.29, 1.82) is 0 Å². The minimum absolute atomic E-state index is 0.127. The van der Waals surface area contributed by atoms with Crippen LogP contribution in [0.25, 0.3) is 0 Å². The van der Waals surface area contributed by atoms with Crippen LogP contribution in [0.3, 0.4) is 0 Å². The summed E-state index contributed by atoms with van der Waals surface area (Å²) in [5, 5.41) is 3.55. The van der Waals surface area contributed by atoms with Gasteiger partial charge in [-0.3, -0.25) is 10.1 Å². The van der Waals surface area contributed by atoms with Crippen molar-refractivity contribution in [2.45, 2.75) is 25.7 Å². The first kappa shape index (κ1) is 12.1. The Morgan fingerprint density at radius 1 is 1.28 bits per heavy atom. The van der Waals surface area contributed by atoms with Gasteiger partial charge >= 0.3 is 0 Å². The van der Waals surface area contributed by atoms with E-state index in [9.17, 15) is 4.79 Å². The second-order valence-electron chi connectivity index (χ2n) is 4.15. The van der Waals surface area contributed by atoms with Gasteiger partial charge in [-0.2, -0.15) is 0 Å². The fourth-order valence-corrected chi connectivity index (χ4v) is 3.98. The summed E-state index contributed by atoms with van der Waals surface area (Å²) in [7, 11) is 0. The number of aromatic nitrogens is 1. The van der Waals surface area contributed by atoms with E-state index in [1.54, 1.807) is 23.5 Å². The third-order valence-corrected chi connectivity index (χ3v) is 5.17. The van der Waals surface area contributed by atoms with Gasteiger partial charge < -0.3 is 0 Å². The lowest BCUT2D eigenvalue weighted by Gasteiger charge is -2.06. The highest BCUT2D eigenvalue weighted by Crippen LogP contribution is 2.30. The molecule has 6 heteroatoms. The standard InChI is InChI=1S/C12H11ClN2OS2/c13-10-6-5-9(17-10)11(16)15-12-14-7-3-1-2-4-8(7)18-12/h5-6H,1-4H2,(H,14,15,16). The van der Waals surface area contributed by atoms with E-state index in [0.29, 0.717) is 14.3 Å². The summed E-state index contributed by atoms with van der Waals surface area (Å²) in [6, 6.07) is 3.46. The van der Waals surface area contributed by atoms with Crippen molar-refractivity contribution >= 4 is 45.3 Å². The van der Waals surface area contributed by atoms with Crippen LogP contribution in [-0.2, 0) is 12.8 Å². The number of hydrogen-bond acceptors (Lipinski definition) is 4. The molecule has 18 heavy (non-hydrogen) atoms. The molecular formula is C12H11ClN2OS2. The van der Waals surface area contributed by atoms with Gasteiger partial charge in [-0.05, 0) is 37.8 Å². The smallest absolute Gasteiger partial charge is 0.267 e. The summed E-state index contributed by atoms with van der Waals surface area (Å²) in [5.41, 5.74) is 1.16. The molecule has 0 atom stereocenters. The predicted molar refractivity (Wildman–Crippen MR) is 76.0 cm³/mol. The number of thiazole rings is 1. The number of hydrogen-bond donors (Lipinski definition) is 1. The van der Waals surface area contributed by atoms with Crippen LogP contribution in [0.2, 0.25) is 4.34 Å². The first-order valence-corrected chi connectivity index (χ1v) is 7.79. The maximum Gasteiger partial charge on any atom is 0.267 e. The molecule has 0 aromatic carbocycles. The number of anilines is 1. The molecule has 0 fully saturated rings. The number of amides is 1. The van der Waals surface area contributed by atoms with Crippen LogP contribution >= 0.6 is 34.3 Å². The van der Waals surface area contributed by atoms with Crippen LogP contribution in [0, 0.1) is 0 Å². The molecule has 0 bridgehead atoms. The number of aryl methyl sites for hydroxylation is 2. The largest absolute Gasteiger partial charge is 0.297 e. The molecule has 0 aliphatic heterocycles. The van der Waals surface area contributed by atoms with Crippen LogP contribution in [0.1, 0.15) is 33.1 Å². The van der Waals surface area contributed by atoms with Gasteiger partial charge in [0.25, 0.3) is 5.91 Å². The molecule has 3 rings (SSSR count). The fourth-order valence-electron chi connectivity index (χ4n) is 2.00. The normalized spacial score (nSPS) is 14.3. The van der Waals surface area contributed by atoms with Crippen LogP contribution < -0.4 is 5.32 Å². The van der Waals surface area contributed by atoms with E-state index in [0.717, 1.165) is 18.5 Å². The summed E-state index contributed by atoms with van der Waals surface area (Å²) >= 11 is 8.69. The first-order valence-electron chi connectivity index (χ1n) is 5.77. The summed E-state index contributed by atoms with van der Waals surface area (Å²) in [6.45, 7) is 0. The highest BCUT2D eigenvalue weighted by atomic mass is 35.5. The summed E-state index contributed by atoms with van der Waals surface area (Å²) in [4.78, 5) is 18.4. The van der Waals surface area contributed by atoms with Crippen molar-refractivity contribution in [2.75, 3.05) is 5.32 Å². The van der Waals surface area contributed by atoms with Crippen molar-refractivity contribution in [2.24, 2.45) is 0 Å². The predicted octanol–water partition coefficient (Wildman–Crippen LogP) is 3.99. The number of thiophene rings is 1. The van der Waals surface area contributed by atoms with E-state index < -0.39 is 0 Å². The molecule has 0 spiro atoms. The van der Waals surface area contributed by atoms with Gasteiger partial charge in [0.15, 0.2) is 5.13 Å². The maximum atomic E-state index is 11.9. The average molecular weight is 299 g/mol. The van der Waals surface area contributed by atoms with Crippen molar-refractivity contribution in [3.63, 3.8) is 0 Å². The molecule has 94 valence electrons. The van der Waals surface area contributed by atoms with Crippen LogP contribution in [0.15, 0.2) is 12.1 Å². The number of fused-ring (bicyclic) bond motifs is 1. The van der Waals surface area contributed by atoms with Gasteiger partial charge in [-0.15, -0.1) is 22.7 Å². The molecule has 0 unspecified atom stereocenters. The van der Waals surface area contributed by atoms with E-state index in [-0.39, 0.29) is 5.91 Å². The van der Waals surface area contributed by atoms with Crippen LogP contribution in [0.4, 0.5) is 5.13 Å². The number of halogens is 1. The Balaban J connectivity index is 1.76. The zero-order valence-electron chi connectivity index (χ0n) is 9.53. The lowest BCUT2D eigenvalue weighted by Crippen LogP contribution is -2.09. The zero-order valence-corrected chi connectivity index (χ0v) is 11.9. The molecule has 0 saturated carbocycles. The summed E-state index contributed by atoms with van der Waals surface area (Å²) in [5.74, 6) is -0.127. The van der Waals surface area contributed by atoms with Crippen molar-refractivity contribution in [3.05, 3.63) is 31.9 Å². The monoisotopic (exact) mass is 298 g/mol. The van der Waals surface area contributed by atoms with Gasteiger partial charge in [0.2, 0.25) is 0 Å². The number of rotatable bonds is 2. The number of carbonyl (C=O) groups excluding carboxylic acids is 1. The lowest BCUT2D eigenvalue weighted by molar-refractivity contribution is 0.103. The molecule has 0 saturated heterocycles. The minimum Gasteiger partial charge on any atom is -0.297 e. The Bertz CT molecular complexity index is 567. The van der Waals surface area contributed by atoms with E-state index in [1.807, 2.05) is 0 Å². The van der Waals surface area contributed by atoms with E-state index in [1.165, 1.54) is 29.1 Å². The zero-order chi connectivity index (χ0) is 12.5. The Labute approximate surface area is 118 Å². The molecular weight excluding hydrogens is 288 g/mol. The Hall–Kier alpha value is -0.910. The van der Waals surface area contributed by atoms with Crippen LogP contribution in [0.5, 0.6) is 0 Å². The summed E-state index contributed by atoms with van der Waals surface area (Å²) in [6.07, 6.45) is 4.55. The van der Waals surface area contributed by atoms with E-state index in [2.05, 4.69) is 10.3 Å². The molecule has 3 nitrogen and oxygen atoms in total. The number of nitrogens with one attached hydrogen (secondary N) is 1. The Morgan fingerprint density at radius 2 is 2.11 bits per heavy atom. The lowest BCUT2D eigenvalue weighted by atomic mass is 10.0. The number of nitrogens with zero attached hydrogens (tertiary/aromatic N) is 1. The Kier molecular flexibility index (Phi) is 3.37. The quantitative estimate of drug-likeness (QED) is 0.911. The molecule has 1 N–H and O–H groups in total. The second-order valence-corrected chi connectivity index (χ2v) is 6.95. The van der Waals surface area contributed by atoms with Crippen molar-refractivity contribution < 1.29 is 4.79 Å². The molecule has 0 radical (unpaired) electrons. The second kappa shape index (κ2) is 4.99. The topological polar surface area (TPSA) is 42.0 Å². The highest BCUT2D eigenvalue weighted by Gasteiger charge is 2.17. The van der Waals surface area contributed by atoms with Crippen LogP contribution in [-0.4, -0.2) is 10.9 Å². The highest BCUT2D eigenvalue weighted by molar-refractivity contribution is 7.18. The van der Waals surface area contributed by atoms with Gasteiger partial charge in [-0.1, -0.05) is 11.6 Å². The van der Waals surface area contributed by atoms with E-state index >= 15 is 0 Å². The molecule has 2 aromatic heterocycles. The van der Waals surface area contributed by atoms with Gasteiger partial charge in [0, 0.05) is 4.88 Å². The molecule has 2 aromatic rings. The average Bonchev–Trinajstić information content (AvgIpc) is 2.94. The summed E-state index contributed by atoms with van der Waals surface area (Å²) < 4.78 is 0.624. The SMILES string of the molecule is O=C(Nc1nc2c(s1)CCCC2)c1ccc(Cl)s1. The molecule has 1 aliphatic rings. The Morgan fingerprint density at radius 3 is 2.83 bits per heavy atom. The third-order valence-electron chi connectivity index (χ3n) is 2.86. The van der Waals surface area contributed by atoms with Crippen molar-refractivity contribution in [1.82, 2.24) is 4.98 Å².